The number of likely N-dealkylation sites (N-methyl/N-ethyl adjacent to an activating group) is 1. The Bertz CT molecular complexity index is 1070. The minimum absolute atomic E-state index is 0.0168. The topological polar surface area (TPSA) is 75.2 Å². The van der Waals surface area contributed by atoms with Crippen LogP contribution in [-0.2, 0) is 9.59 Å². The summed E-state index contributed by atoms with van der Waals surface area (Å²) in [5.74, 6) is -0.227. The number of aryl methyl sites for hydroxylation is 3. The van der Waals surface area contributed by atoms with Gasteiger partial charge in [0.1, 0.15) is 0 Å². The molecule has 0 saturated heterocycles. The molecule has 0 atom stereocenters. The zero-order valence-corrected chi connectivity index (χ0v) is 19.0. The van der Waals surface area contributed by atoms with Gasteiger partial charge in [0.05, 0.1) is 18.0 Å². The zero-order chi connectivity index (χ0) is 22.4. The van der Waals surface area contributed by atoms with Gasteiger partial charge in [-0.2, -0.15) is 0 Å². The Morgan fingerprint density at radius 2 is 1.65 bits per heavy atom. The number of anilines is 1. The molecule has 2 aromatic carbocycles. The Kier molecular flexibility index (Phi) is 7.41. The van der Waals surface area contributed by atoms with Crippen LogP contribution < -0.4 is 5.32 Å². The van der Waals surface area contributed by atoms with Crippen LogP contribution in [0.2, 0.25) is 0 Å². The van der Waals surface area contributed by atoms with Crippen molar-refractivity contribution < 1.29 is 9.59 Å². The number of nitrogens with one attached hydrogen (secondary N) is 1. The van der Waals surface area contributed by atoms with Gasteiger partial charge >= 0.3 is 0 Å². The summed E-state index contributed by atoms with van der Waals surface area (Å²) in [7, 11) is 1.62. The molecular weight excluding hydrogens is 408 g/mol. The number of rotatable bonds is 7. The molecule has 0 bridgehead atoms. The summed E-state index contributed by atoms with van der Waals surface area (Å²) in [6.07, 6.45) is 0. The highest BCUT2D eigenvalue weighted by Crippen LogP contribution is 2.22. The van der Waals surface area contributed by atoms with Crippen molar-refractivity contribution in [3.63, 3.8) is 0 Å². The van der Waals surface area contributed by atoms with Crippen molar-refractivity contribution >= 4 is 29.3 Å². The third kappa shape index (κ3) is 6.15. The number of aromatic nitrogens is 2. The molecule has 3 rings (SSSR count). The van der Waals surface area contributed by atoms with Gasteiger partial charge in [0, 0.05) is 24.0 Å². The first-order valence-corrected chi connectivity index (χ1v) is 11.0. The van der Waals surface area contributed by atoms with E-state index in [2.05, 4.69) is 15.3 Å². The molecule has 160 valence electrons. The normalized spacial score (nSPS) is 10.6. The standard InChI is InChI=1S/C24H26N4O2S/c1-16-9-8-10-17(2)23(16)27-21(29)14-28(4)22(30)15-31-24-25-18(3)13-20(26-24)19-11-6-5-7-12-19/h5-13H,14-15H2,1-4H3,(H,27,29). The first-order valence-electron chi connectivity index (χ1n) is 9.97. The van der Waals surface area contributed by atoms with E-state index in [1.54, 1.807) is 7.05 Å². The summed E-state index contributed by atoms with van der Waals surface area (Å²) in [4.78, 5) is 35.4. The van der Waals surface area contributed by atoms with Gasteiger partial charge in [-0.25, -0.2) is 9.97 Å². The van der Waals surface area contributed by atoms with E-state index in [9.17, 15) is 9.59 Å². The van der Waals surface area contributed by atoms with Gasteiger partial charge in [0.15, 0.2) is 5.16 Å². The van der Waals surface area contributed by atoms with Crippen LogP contribution in [0.15, 0.2) is 59.8 Å². The smallest absolute Gasteiger partial charge is 0.243 e. The third-order valence-electron chi connectivity index (χ3n) is 4.78. The molecule has 0 aliphatic carbocycles. The number of para-hydroxylation sites is 1. The van der Waals surface area contributed by atoms with Gasteiger partial charge < -0.3 is 10.2 Å². The monoisotopic (exact) mass is 434 g/mol. The summed E-state index contributed by atoms with van der Waals surface area (Å²) in [5.41, 5.74) is 5.44. The van der Waals surface area contributed by atoms with Crippen LogP contribution in [0.25, 0.3) is 11.3 Å². The van der Waals surface area contributed by atoms with Gasteiger partial charge in [-0.15, -0.1) is 0 Å². The van der Waals surface area contributed by atoms with Gasteiger partial charge in [0.25, 0.3) is 0 Å². The minimum atomic E-state index is -0.226. The molecule has 7 heteroatoms. The second-order valence-corrected chi connectivity index (χ2v) is 8.34. The molecule has 1 aromatic heterocycles. The van der Waals surface area contributed by atoms with Crippen molar-refractivity contribution in [2.24, 2.45) is 0 Å². The van der Waals surface area contributed by atoms with Crippen molar-refractivity contribution in [2.45, 2.75) is 25.9 Å². The van der Waals surface area contributed by atoms with E-state index in [1.165, 1.54) is 16.7 Å². The van der Waals surface area contributed by atoms with Crippen molar-refractivity contribution in [1.82, 2.24) is 14.9 Å². The number of hydrogen-bond donors (Lipinski definition) is 1. The lowest BCUT2D eigenvalue weighted by Gasteiger charge is -2.18. The van der Waals surface area contributed by atoms with Crippen molar-refractivity contribution in [3.8, 4) is 11.3 Å². The maximum absolute atomic E-state index is 12.5. The molecule has 0 spiro atoms. The van der Waals surface area contributed by atoms with Crippen molar-refractivity contribution in [2.75, 3.05) is 24.7 Å². The van der Waals surface area contributed by atoms with Crippen LogP contribution in [0.5, 0.6) is 0 Å². The van der Waals surface area contributed by atoms with E-state index >= 15 is 0 Å². The molecule has 2 amide bonds. The lowest BCUT2D eigenvalue weighted by Crippen LogP contribution is -2.36. The third-order valence-corrected chi connectivity index (χ3v) is 5.61. The molecule has 1 heterocycles. The first-order chi connectivity index (χ1) is 14.8. The van der Waals surface area contributed by atoms with E-state index < -0.39 is 0 Å². The number of hydrogen-bond acceptors (Lipinski definition) is 5. The Balaban J connectivity index is 1.58. The Labute approximate surface area is 187 Å². The SMILES string of the molecule is Cc1cc(-c2ccccc2)nc(SCC(=O)N(C)CC(=O)Nc2c(C)cccc2C)n1. The number of carbonyl (C=O) groups is 2. The lowest BCUT2D eigenvalue weighted by atomic mass is 10.1. The Morgan fingerprint density at radius 1 is 0.968 bits per heavy atom. The quantitative estimate of drug-likeness (QED) is 0.444. The average Bonchev–Trinajstić information content (AvgIpc) is 2.75. The Morgan fingerprint density at radius 3 is 2.32 bits per heavy atom. The van der Waals surface area contributed by atoms with Crippen LogP contribution in [0, 0.1) is 20.8 Å². The van der Waals surface area contributed by atoms with Gasteiger partial charge in [0.2, 0.25) is 11.8 Å². The molecular formula is C24H26N4O2S. The minimum Gasteiger partial charge on any atom is -0.336 e. The summed E-state index contributed by atoms with van der Waals surface area (Å²) in [6.45, 7) is 5.78. The highest BCUT2D eigenvalue weighted by molar-refractivity contribution is 7.99. The number of thioether (sulfide) groups is 1. The highest BCUT2D eigenvalue weighted by Gasteiger charge is 2.16. The fraction of sp³-hybridized carbons (Fsp3) is 0.250. The predicted octanol–water partition coefficient (Wildman–Crippen LogP) is 4.26. The van der Waals surface area contributed by atoms with Crippen molar-refractivity contribution in [3.05, 3.63) is 71.4 Å². The second-order valence-electron chi connectivity index (χ2n) is 7.40. The molecule has 6 nitrogen and oxygen atoms in total. The second kappa shape index (κ2) is 10.2. The number of amides is 2. The van der Waals surface area contributed by atoms with E-state index in [0.29, 0.717) is 5.16 Å². The van der Waals surface area contributed by atoms with E-state index in [0.717, 1.165) is 33.8 Å². The zero-order valence-electron chi connectivity index (χ0n) is 18.2. The summed E-state index contributed by atoms with van der Waals surface area (Å²) in [5, 5.41) is 3.45. The highest BCUT2D eigenvalue weighted by atomic mass is 32.2. The van der Waals surface area contributed by atoms with Gasteiger partial charge in [-0.05, 0) is 38.0 Å². The largest absolute Gasteiger partial charge is 0.336 e. The predicted molar refractivity (Wildman–Crippen MR) is 125 cm³/mol. The van der Waals surface area contributed by atoms with Crippen LogP contribution in [-0.4, -0.2) is 46.0 Å². The molecule has 0 radical (unpaired) electrons. The molecule has 0 saturated carbocycles. The molecule has 1 N–H and O–H groups in total. The van der Waals surface area contributed by atoms with Crippen LogP contribution >= 0.6 is 11.8 Å². The fourth-order valence-electron chi connectivity index (χ4n) is 3.09. The van der Waals surface area contributed by atoms with Crippen molar-refractivity contribution in [1.29, 1.82) is 0 Å². The first kappa shape index (κ1) is 22.5. The van der Waals surface area contributed by atoms with Crippen LogP contribution in [0.4, 0.5) is 5.69 Å². The van der Waals surface area contributed by atoms with E-state index in [4.69, 9.17) is 0 Å². The summed E-state index contributed by atoms with van der Waals surface area (Å²) < 4.78 is 0. The number of carbonyl (C=O) groups excluding carboxylic acids is 2. The number of benzene rings is 2. The van der Waals surface area contributed by atoms with Crippen LogP contribution in [0.3, 0.4) is 0 Å². The molecule has 31 heavy (non-hydrogen) atoms. The van der Waals surface area contributed by atoms with Crippen LogP contribution in [0.1, 0.15) is 16.8 Å². The molecule has 0 aliphatic heterocycles. The summed E-state index contributed by atoms with van der Waals surface area (Å²) in [6, 6.07) is 17.6. The van der Waals surface area contributed by atoms with E-state index in [1.807, 2.05) is 75.4 Å². The molecule has 0 fully saturated rings. The average molecular weight is 435 g/mol. The number of nitrogens with zero attached hydrogens (tertiary/aromatic N) is 3. The lowest BCUT2D eigenvalue weighted by molar-refractivity contribution is -0.131. The fourth-order valence-corrected chi connectivity index (χ4v) is 3.94. The Hall–Kier alpha value is -3.19. The van der Waals surface area contributed by atoms with Gasteiger partial charge in [-0.3, -0.25) is 9.59 Å². The maximum Gasteiger partial charge on any atom is 0.243 e. The molecule has 0 aliphatic rings. The molecule has 3 aromatic rings. The molecule has 0 unspecified atom stereocenters. The van der Waals surface area contributed by atoms with E-state index in [-0.39, 0.29) is 24.1 Å². The maximum atomic E-state index is 12.5. The summed E-state index contributed by atoms with van der Waals surface area (Å²) >= 11 is 1.27. The van der Waals surface area contributed by atoms with Gasteiger partial charge in [-0.1, -0.05) is 60.3 Å².